The molecular formula is C30H35BrN2O3. The van der Waals surface area contributed by atoms with Gasteiger partial charge in [0.25, 0.3) is 5.91 Å². The van der Waals surface area contributed by atoms with Crippen molar-refractivity contribution in [3.63, 3.8) is 0 Å². The molecule has 3 aromatic carbocycles. The van der Waals surface area contributed by atoms with Gasteiger partial charge in [-0.2, -0.15) is 0 Å². The molecule has 0 aliphatic heterocycles. The molecule has 0 saturated heterocycles. The maximum Gasteiger partial charge on any atom is 0.261 e. The number of aryl methyl sites for hydroxylation is 1. The van der Waals surface area contributed by atoms with Crippen molar-refractivity contribution in [3.05, 3.63) is 100 Å². The number of carbonyl (C=O) groups is 2. The molecule has 3 aromatic rings. The van der Waals surface area contributed by atoms with E-state index < -0.39 is 6.04 Å². The Bertz CT molecular complexity index is 1120. The summed E-state index contributed by atoms with van der Waals surface area (Å²) >= 11 is 3.52. The van der Waals surface area contributed by atoms with E-state index in [2.05, 4.69) is 28.2 Å². The summed E-state index contributed by atoms with van der Waals surface area (Å²) < 4.78 is 6.78. The molecule has 36 heavy (non-hydrogen) atoms. The summed E-state index contributed by atoms with van der Waals surface area (Å²) in [5.74, 6) is 0.227. The third-order valence-electron chi connectivity index (χ3n) is 6.21. The molecule has 0 aliphatic rings. The maximum atomic E-state index is 13.6. The number of hydrogen-bond donors (Lipinski definition) is 1. The first-order valence-corrected chi connectivity index (χ1v) is 13.3. The Morgan fingerprint density at radius 3 is 2.25 bits per heavy atom. The molecule has 6 heteroatoms. The van der Waals surface area contributed by atoms with Crippen LogP contribution in [0.1, 0.15) is 43.9 Å². The predicted octanol–water partition coefficient (Wildman–Crippen LogP) is 5.95. The standard InChI is InChI=1S/C30H35BrN2O3/c1-4-22(3)32-30(35)28(19-24-10-7-6-8-11-24)33(20-25-12-9-13-26(31)18-25)29(34)21-36-27-16-14-23(5-2)15-17-27/h6-18,22,28H,4-5,19-21H2,1-3H3,(H,32,35). The molecule has 3 rings (SSSR count). The van der Waals surface area contributed by atoms with E-state index >= 15 is 0 Å². The van der Waals surface area contributed by atoms with Gasteiger partial charge in [0, 0.05) is 23.5 Å². The number of nitrogens with one attached hydrogen (secondary N) is 1. The van der Waals surface area contributed by atoms with Gasteiger partial charge in [0.2, 0.25) is 5.91 Å². The summed E-state index contributed by atoms with van der Waals surface area (Å²) in [6.45, 7) is 6.24. The molecule has 0 heterocycles. The number of rotatable bonds is 12. The van der Waals surface area contributed by atoms with Crippen molar-refractivity contribution < 1.29 is 14.3 Å². The minimum absolute atomic E-state index is 0.00641. The summed E-state index contributed by atoms with van der Waals surface area (Å²) in [7, 11) is 0. The topological polar surface area (TPSA) is 58.6 Å². The monoisotopic (exact) mass is 550 g/mol. The average molecular weight is 552 g/mol. The maximum absolute atomic E-state index is 13.6. The van der Waals surface area contributed by atoms with E-state index in [9.17, 15) is 9.59 Å². The molecule has 0 radical (unpaired) electrons. The fourth-order valence-corrected chi connectivity index (χ4v) is 4.32. The number of amides is 2. The zero-order valence-electron chi connectivity index (χ0n) is 21.2. The van der Waals surface area contributed by atoms with Crippen LogP contribution in [0.15, 0.2) is 83.3 Å². The number of halogens is 1. The Morgan fingerprint density at radius 1 is 0.917 bits per heavy atom. The van der Waals surface area contributed by atoms with Crippen molar-refractivity contribution in [3.8, 4) is 5.75 Å². The quantitative estimate of drug-likeness (QED) is 0.303. The molecule has 0 fully saturated rings. The zero-order valence-corrected chi connectivity index (χ0v) is 22.8. The van der Waals surface area contributed by atoms with E-state index in [1.807, 2.05) is 92.7 Å². The predicted molar refractivity (Wildman–Crippen MR) is 148 cm³/mol. The first-order valence-electron chi connectivity index (χ1n) is 12.5. The molecule has 2 unspecified atom stereocenters. The van der Waals surface area contributed by atoms with Crippen LogP contribution >= 0.6 is 15.9 Å². The molecule has 1 N–H and O–H groups in total. The van der Waals surface area contributed by atoms with E-state index in [4.69, 9.17) is 4.74 Å². The second kappa shape index (κ2) is 13.8. The second-order valence-corrected chi connectivity index (χ2v) is 9.88. The third-order valence-corrected chi connectivity index (χ3v) is 6.70. The second-order valence-electron chi connectivity index (χ2n) is 8.96. The molecule has 0 saturated carbocycles. The van der Waals surface area contributed by atoms with Crippen LogP contribution in [0, 0.1) is 0 Å². The summed E-state index contributed by atoms with van der Waals surface area (Å²) in [6, 6.07) is 24.7. The van der Waals surface area contributed by atoms with Crippen molar-refractivity contribution in [1.82, 2.24) is 10.2 Å². The van der Waals surface area contributed by atoms with Crippen molar-refractivity contribution in [2.24, 2.45) is 0 Å². The van der Waals surface area contributed by atoms with E-state index in [1.54, 1.807) is 4.90 Å². The van der Waals surface area contributed by atoms with Crippen LogP contribution in [0.4, 0.5) is 0 Å². The molecule has 5 nitrogen and oxygen atoms in total. The van der Waals surface area contributed by atoms with E-state index in [1.165, 1.54) is 5.56 Å². The minimum atomic E-state index is -0.682. The van der Waals surface area contributed by atoms with Crippen LogP contribution in [0.5, 0.6) is 5.75 Å². The Morgan fingerprint density at radius 2 is 1.61 bits per heavy atom. The van der Waals surface area contributed by atoms with Crippen molar-refractivity contribution >= 4 is 27.7 Å². The number of benzene rings is 3. The van der Waals surface area contributed by atoms with Gasteiger partial charge in [-0.15, -0.1) is 0 Å². The van der Waals surface area contributed by atoms with Gasteiger partial charge in [0.05, 0.1) is 0 Å². The van der Waals surface area contributed by atoms with Crippen LogP contribution in [-0.2, 0) is 29.0 Å². The first kappa shape index (κ1) is 27.5. The average Bonchev–Trinajstić information content (AvgIpc) is 2.90. The molecular weight excluding hydrogens is 516 g/mol. The molecule has 0 spiro atoms. The normalized spacial score (nSPS) is 12.4. The summed E-state index contributed by atoms with van der Waals surface area (Å²) in [6.07, 6.45) is 2.15. The van der Waals surface area contributed by atoms with Crippen LogP contribution in [0.25, 0.3) is 0 Å². The lowest BCUT2D eigenvalue weighted by Crippen LogP contribution is -2.53. The van der Waals surface area contributed by atoms with Crippen LogP contribution < -0.4 is 10.1 Å². The van der Waals surface area contributed by atoms with E-state index in [-0.39, 0.29) is 24.5 Å². The van der Waals surface area contributed by atoms with Crippen molar-refractivity contribution in [1.29, 1.82) is 0 Å². The summed E-state index contributed by atoms with van der Waals surface area (Å²) in [5.41, 5.74) is 3.12. The minimum Gasteiger partial charge on any atom is -0.484 e. The summed E-state index contributed by atoms with van der Waals surface area (Å²) in [4.78, 5) is 28.8. The van der Waals surface area contributed by atoms with Gasteiger partial charge >= 0.3 is 0 Å². The fourth-order valence-electron chi connectivity index (χ4n) is 3.88. The largest absolute Gasteiger partial charge is 0.484 e. The van der Waals surface area contributed by atoms with Gasteiger partial charge in [-0.05, 0) is 60.7 Å². The Labute approximate surface area is 223 Å². The summed E-state index contributed by atoms with van der Waals surface area (Å²) in [5, 5.41) is 3.09. The lowest BCUT2D eigenvalue weighted by atomic mass is 10.0. The van der Waals surface area contributed by atoms with Crippen molar-refractivity contribution in [2.45, 2.75) is 58.7 Å². The lowest BCUT2D eigenvalue weighted by Gasteiger charge is -2.32. The van der Waals surface area contributed by atoms with Gasteiger partial charge in [-0.3, -0.25) is 9.59 Å². The Kier molecular flexibility index (Phi) is 10.6. The van der Waals surface area contributed by atoms with Crippen LogP contribution in [0.3, 0.4) is 0 Å². The van der Waals surface area contributed by atoms with Gasteiger partial charge in [-0.25, -0.2) is 0 Å². The molecule has 0 aromatic heterocycles. The Balaban J connectivity index is 1.89. The zero-order chi connectivity index (χ0) is 25.9. The number of hydrogen-bond acceptors (Lipinski definition) is 3. The highest BCUT2D eigenvalue weighted by Crippen LogP contribution is 2.19. The van der Waals surface area contributed by atoms with Gasteiger partial charge in [-0.1, -0.05) is 84.4 Å². The van der Waals surface area contributed by atoms with Gasteiger partial charge in [0.15, 0.2) is 6.61 Å². The smallest absolute Gasteiger partial charge is 0.261 e. The van der Waals surface area contributed by atoms with Crippen molar-refractivity contribution in [2.75, 3.05) is 6.61 Å². The van der Waals surface area contributed by atoms with Crippen LogP contribution in [-0.4, -0.2) is 35.4 Å². The van der Waals surface area contributed by atoms with E-state index in [0.29, 0.717) is 18.7 Å². The Hall–Kier alpha value is -3.12. The first-order chi connectivity index (χ1) is 17.4. The number of nitrogens with zero attached hydrogens (tertiary/aromatic N) is 1. The highest BCUT2D eigenvalue weighted by atomic mass is 79.9. The molecule has 190 valence electrons. The van der Waals surface area contributed by atoms with E-state index in [0.717, 1.165) is 28.4 Å². The van der Waals surface area contributed by atoms with Gasteiger partial charge in [0.1, 0.15) is 11.8 Å². The third kappa shape index (κ3) is 8.23. The SMILES string of the molecule is CCc1ccc(OCC(=O)N(Cc2cccc(Br)c2)C(Cc2ccccc2)C(=O)NC(C)CC)cc1. The van der Waals surface area contributed by atoms with Crippen LogP contribution in [0.2, 0.25) is 0 Å². The molecule has 0 bridgehead atoms. The molecule has 2 atom stereocenters. The number of carbonyl (C=O) groups excluding carboxylic acids is 2. The molecule has 0 aliphatic carbocycles. The highest BCUT2D eigenvalue weighted by Gasteiger charge is 2.31. The number of ether oxygens (including phenoxy) is 1. The highest BCUT2D eigenvalue weighted by molar-refractivity contribution is 9.10. The molecule has 2 amide bonds. The lowest BCUT2D eigenvalue weighted by molar-refractivity contribution is -0.143. The van der Waals surface area contributed by atoms with Gasteiger partial charge < -0.3 is 15.0 Å². The fraction of sp³-hybridized carbons (Fsp3) is 0.333.